The van der Waals surface area contributed by atoms with Gasteiger partial charge in [-0.25, -0.2) is 4.79 Å². The van der Waals surface area contributed by atoms with Crippen LogP contribution in [0.3, 0.4) is 0 Å². The lowest BCUT2D eigenvalue weighted by Crippen LogP contribution is -2.27. The van der Waals surface area contributed by atoms with Crippen LogP contribution in [0.2, 0.25) is 0 Å². The number of rotatable bonds is 5. The number of para-hydroxylation sites is 2. The molecular weight excluding hydrogens is 552 g/mol. The number of aromatic amines is 2. The molecule has 8 nitrogen and oxygen atoms in total. The van der Waals surface area contributed by atoms with E-state index in [1.807, 2.05) is 118 Å². The number of nitrogen functional groups attached to an aromatic ring is 1. The third-order valence-electron chi connectivity index (χ3n) is 5.93. The second kappa shape index (κ2) is 13.1. The van der Waals surface area contributed by atoms with Crippen molar-refractivity contribution in [2.75, 3.05) is 11.1 Å². The summed E-state index contributed by atoms with van der Waals surface area (Å²) in [6.45, 7) is 5.48. The van der Waals surface area contributed by atoms with Gasteiger partial charge < -0.3 is 29.9 Å². The highest BCUT2D eigenvalue weighted by atomic mass is 35.5. The number of anilines is 2. The van der Waals surface area contributed by atoms with Crippen molar-refractivity contribution in [2.24, 2.45) is 0 Å². The molecule has 5 N–H and O–H groups in total. The van der Waals surface area contributed by atoms with Crippen LogP contribution in [0.15, 0.2) is 109 Å². The number of aromatic nitrogens is 2. The molecule has 0 atom stereocenters. The lowest BCUT2D eigenvalue weighted by atomic mass is 10.2. The first-order valence-electron chi connectivity index (χ1n) is 13.2. The maximum atomic E-state index is 12.0. The number of benzene rings is 4. The Kier molecular flexibility index (Phi) is 9.29. The van der Waals surface area contributed by atoms with E-state index < -0.39 is 11.7 Å². The first kappa shape index (κ1) is 29.9. The zero-order valence-electron chi connectivity index (χ0n) is 23.5. The van der Waals surface area contributed by atoms with Crippen LogP contribution in [-0.2, 0) is 4.74 Å². The number of nitrogens with two attached hydrogens (primary N) is 1. The summed E-state index contributed by atoms with van der Waals surface area (Å²) in [6, 6.07) is 30.7. The Morgan fingerprint density at radius 3 is 1.74 bits per heavy atom. The Balaban J connectivity index is 0.000000198. The Hall–Kier alpha value is -5.08. The van der Waals surface area contributed by atoms with Gasteiger partial charge in [0.05, 0.1) is 11.4 Å². The van der Waals surface area contributed by atoms with Crippen molar-refractivity contribution < 1.29 is 19.0 Å². The van der Waals surface area contributed by atoms with Crippen LogP contribution >= 0.6 is 12.4 Å². The van der Waals surface area contributed by atoms with Gasteiger partial charge in [0, 0.05) is 34.2 Å². The largest absolute Gasteiger partial charge is 0.457 e. The standard InChI is InChI=1S/C19H20N2O3.C14H12N2O.ClH/c1-19(2,3)24-18(22)21-17-12-20-16-10-9-14(11-15(16)17)23-13-7-5-4-6-8-13;15-13-9-16-14-7-6-11(8-12(13)14)17-10-4-2-1-3-5-10;/h4-12,20H,1-3H3,(H,21,22);1-9,16H,15H2;1H. The van der Waals surface area contributed by atoms with E-state index in [4.69, 9.17) is 19.9 Å². The smallest absolute Gasteiger partial charge is 0.412 e. The van der Waals surface area contributed by atoms with Gasteiger partial charge in [-0.2, -0.15) is 0 Å². The lowest BCUT2D eigenvalue weighted by Gasteiger charge is -2.19. The highest BCUT2D eigenvalue weighted by Crippen LogP contribution is 2.30. The van der Waals surface area contributed by atoms with E-state index >= 15 is 0 Å². The third-order valence-corrected chi connectivity index (χ3v) is 5.93. The summed E-state index contributed by atoms with van der Waals surface area (Å²) in [5, 5.41) is 4.61. The van der Waals surface area contributed by atoms with Gasteiger partial charge in [0.25, 0.3) is 0 Å². The summed E-state index contributed by atoms with van der Waals surface area (Å²) >= 11 is 0. The molecule has 42 heavy (non-hydrogen) atoms. The molecule has 0 radical (unpaired) electrons. The molecule has 0 unspecified atom stereocenters. The van der Waals surface area contributed by atoms with Crippen molar-refractivity contribution in [3.63, 3.8) is 0 Å². The molecule has 0 aliphatic carbocycles. The minimum absolute atomic E-state index is 0. The quantitative estimate of drug-likeness (QED) is 0.161. The number of hydrogen-bond acceptors (Lipinski definition) is 5. The predicted octanol–water partition coefficient (Wildman–Crippen LogP) is 9.27. The van der Waals surface area contributed by atoms with Crippen LogP contribution in [0.4, 0.5) is 16.2 Å². The molecule has 0 saturated carbocycles. The molecule has 2 aromatic heterocycles. The Bertz CT molecular complexity index is 1760. The average molecular weight is 585 g/mol. The number of fused-ring (bicyclic) bond motifs is 2. The third kappa shape index (κ3) is 7.77. The summed E-state index contributed by atoms with van der Waals surface area (Å²) < 4.78 is 16.9. The summed E-state index contributed by atoms with van der Waals surface area (Å²) in [5.74, 6) is 3.06. The average Bonchev–Trinajstić information content (AvgIpc) is 3.52. The molecule has 0 spiro atoms. The van der Waals surface area contributed by atoms with Crippen molar-refractivity contribution in [3.05, 3.63) is 109 Å². The van der Waals surface area contributed by atoms with Crippen molar-refractivity contribution in [1.29, 1.82) is 0 Å². The summed E-state index contributed by atoms with van der Waals surface area (Å²) in [7, 11) is 0. The van der Waals surface area contributed by atoms with Crippen molar-refractivity contribution in [2.45, 2.75) is 26.4 Å². The lowest BCUT2D eigenvalue weighted by molar-refractivity contribution is 0.0636. The van der Waals surface area contributed by atoms with Gasteiger partial charge in [0.15, 0.2) is 0 Å². The number of carbonyl (C=O) groups excluding carboxylic acids is 1. The minimum Gasteiger partial charge on any atom is -0.457 e. The van der Waals surface area contributed by atoms with Crippen LogP contribution in [0.1, 0.15) is 20.8 Å². The van der Waals surface area contributed by atoms with Gasteiger partial charge in [-0.15, -0.1) is 12.4 Å². The van der Waals surface area contributed by atoms with Crippen LogP contribution in [0.25, 0.3) is 21.8 Å². The minimum atomic E-state index is -0.544. The second-order valence-electron chi connectivity index (χ2n) is 10.3. The second-order valence-corrected chi connectivity index (χ2v) is 10.3. The zero-order valence-corrected chi connectivity index (χ0v) is 24.3. The molecule has 9 heteroatoms. The zero-order chi connectivity index (χ0) is 28.8. The number of ether oxygens (including phenoxy) is 3. The highest BCUT2D eigenvalue weighted by Gasteiger charge is 2.17. The molecule has 1 amide bonds. The molecule has 0 aliphatic rings. The first-order chi connectivity index (χ1) is 19.7. The fraction of sp³-hybridized carbons (Fsp3) is 0.121. The fourth-order valence-electron chi connectivity index (χ4n) is 4.11. The van der Waals surface area contributed by atoms with E-state index in [0.29, 0.717) is 11.4 Å². The molecule has 4 aromatic carbocycles. The van der Waals surface area contributed by atoms with Crippen molar-refractivity contribution in [1.82, 2.24) is 9.97 Å². The molecule has 6 aromatic rings. The number of amides is 1. The molecule has 0 saturated heterocycles. The summed E-state index contributed by atoms with van der Waals surface area (Å²) in [6.07, 6.45) is 3.04. The van der Waals surface area contributed by atoms with E-state index in [1.165, 1.54) is 0 Å². The Labute approximate surface area is 250 Å². The van der Waals surface area contributed by atoms with Gasteiger partial charge in [-0.1, -0.05) is 36.4 Å². The van der Waals surface area contributed by atoms with E-state index in [9.17, 15) is 4.79 Å². The van der Waals surface area contributed by atoms with Crippen molar-refractivity contribution in [3.8, 4) is 23.0 Å². The monoisotopic (exact) mass is 584 g/mol. The van der Waals surface area contributed by atoms with E-state index in [-0.39, 0.29) is 12.4 Å². The van der Waals surface area contributed by atoms with Crippen LogP contribution in [0, 0.1) is 0 Å². The molecule has 0 fully saturated rings. The number of hydrogen-bond donors (Lipinski definition) is 4. The van der Waals surface area contributed by atoms with Gasteiger partial charge in [-0.3, -0.25) is 5.32 Å². The number of nitrogens with one attached hydrogen (secondary N) is 3. The maximum Gasteiger partial charge on any atom is 0.412 e. The van der Waals surface area contributed by atoms with E-state index in [1.54, 1.807) is 12.4 Å². The van der Waals surface area contributed by atoms with E-state index in [2.05, 4.69) is 15.3 Å². The van der Waals surface area contributed by atoms with Gasteiger partial charge in [0.2, 0.25) is 0 Å². The fourth-order valence-corrected chi connectivity index (χ4v) is 4.11. The summed E-state index contributed by atoms with van der Waals surface area (Å²) in [5.41, 5.74) is 8.61. The van der Waals surface area contributed by atoms with Crippen LogP contribution < -0.4 is 20.5 Å². The molecule has 0 aliphatic heterocycles. The van der Waals surface area contributed by atoms with Gasteiger partial charge in [-0.05, 0) is 81.4 Å². The number of H-pyrrole nitrogens is 2. The molecule has 0 bridgehead atoms. The molecule has 6 rings (SSSR count). The number of halogens is 1. The van der Waals surface area contributed by atoms with E-state index in [0.717, 1.165) is 44.7 Å². The predicted molar refractivity (Wildman–Crippen MR) is 171 cm³/mol. The molecule has 2 heterocycles. The number of carbonyl (C=O) groups is 1. The highest BCUT2D eigenvalue weighted by molar-refractivity contribution is 6.00. The Morgan fingerprint density at radius 2 is 1.19 bits per heavy atom. The normalized spacial score (nSPS) is 10.7. The van der Waals surface area contributed by atoms with Gasteiger partial charge >= 0.3 is 6.09 Å². The Morgan fingerprint density at radius 1 is 0.690 bits per heavy atom. The maximum absolute atomic E-state index is 12.0. The first-order valence-corrected chi connectivity index (χ1v) is 13.2. The molecular formula is C33H33ClN4O4. The topological polar surface area (TPSA) is 114 Å². The van der Waals surface area contributed by atoms with Crippen LogP contribution in [-0.4, -0.2) is 21.7 Å². The van der Waals surface area contributed by atoms with Gasteiger partial charge in [0.1, 0.15) is 28.6 Å². The molecule has 216 valence electrons. The van der Waals surface area contributed by atoms with Crippen molar-refractivity contribution >= 4 is 51.7 Å². The van der Waals surface area contributed by atoms with Crippen LogP contribution in [0.5, 0.6) is 23.0 Å². The SMILES string of the molecule is CC(C)(C)OC(=O)Nc1c[nH]c2ccc(Oc3ccccc3)cc12.Cl.Nc1c[nH]c2ccc(Oc3ccccc3)cc12. The summed E-state index contributed by atoms with van der Waals surface area (Å²) in [4.78, 5) is 18.2.